The van der Waals surface area contributed by atoms with Gasteiger partial charge in [-0.1, -0.05) is 70.9 Å². The number of carbonyl (C=O) groups excluding carboxylic acids is 3. The molecule has 0 bridgehead atoms. The van der Waals surface area contributed by atoms with E-state index in [0.29, 0.717) is 11.3 Å². The number of unbranched alkanes of at least 4 members (excludes halogenated alkanes) is 6. The highest BCUT2D eigenvalue weighted by molar-refractivity contribution is 6.14. The van der Waals surface area contributed by atoms with Gasteiger partial charge in [0.15, 0.2) is 0 Å². The summed E-state index contributed by atoms with van der Waals surface area (Å²) >= 11 is 0. The zero-order chi connectivity index (χ0) is 20.9. The Kier molecular flexibility index (Phi) is 10.6. The lowest BCUT2D eigenvalue weighted by atomic mass is 10.0. The second kappa shape index (κ2) is 12.7. The first-order chi connectivity index (χ1) is 13.3. The monoisotopic (exact) mass is 387 g/mol. The van der Waals surface area contributed by atoms with E-state index < -0.39 is 17.5 Å². The van der Waals surface area contributed by atoms with Gasteiger partial charge in [0.25, 0.3) is 0 Å². The molecule has 28 heavy (non-hydrogen) atoms. The molecule has 1 amide bonds. The van der Waals surface area contributed by atoms with Gasteiger partial charge < -0.3 is 25.1 Å². The number of anilines is 1. The molecule has 0 radical (unpaired) electrons. The lowest BCUT2D eigenvalue weighted by molar-refractivity contribution is -0.311. The number of carboxylic acids is 2. The Labute approximate surface area is 166 Å². The van der Waals surface area contributed by atoms with Gasteiger partial charge in [-0.3, -0.25) is 4.79 Å². The van der Waals surface area contributed by atoms with Gasteiger partial charge in [0.05, 0.1) is 11.9 Å². The smallest absolute Gasteiger partial charge is 0.227 e. The summed E-state index contributed by atoms with van der Waals surface area (Å²) in [4.78, 5) is 33.8. The first-order valence-electron chi connectivity index (χ1n) is 9.90. The van der Waals surface area contributed by atoms with Crippen LogP contribution in [0.4, 0.5) is 5.69 Å². The highest BCUT2D eigenvalue weighted by atomic mass is 16.4. The molecule has 0 aliphatic heterocycles. The van der Waals surface area contributed by atoms with Crippen LogP contribution in [0.1, 0.15) is 70.8 Å². The van der Waals surface area contributed by atoms with Crippen LogP contribution < -0.4 is 15.5 Å². The number of nitrogens with one attached hydrogen (secondary N) is 1. The Morgan fingerprint density at radius 3 is 2.00 bits per heavy atom. The van der Waals surface area contributed by atoms with Crippen LogP contribution >= 0.6 is 0 Å². The van der Waals surface area contributed by atoms with Crippen molar-refractivity contribution in [2.24, 2.45) is 5.92 Å². The zero-order valence-corrected chi connectivity index (χ0v) is 16.7. The first-order valence-corrected chi connectivity index (χ1v) is 9.90. The fourth-order valence-electron chi connectivity index (χ4n) is 2.83. The third kappa shape index (κ3) is 8.84. The molecule has 1 unspecified atom stereocenters. The zero-order valence-electron chi connectivity index (χ0n) is 16.7. The largest absolute Gasteiger partial charge is 0.545 e. The van der Waals surface area contributed by atoms with E-state index in [4.69, 9.17) is 0 Å². The van der Waals surface area contributed by atoms with Crippen LogP contribution in [0.15, 0.2) is 29.8 Å². The van der Waals surface area contributed by atoms with Crippen molar-refractivity contribution in [3.63, 3.8) is 0 Å². The minimum atomic E-state index is -1.81. The van der Waals surface area contributed by atoms with Gasteiger partial charge in [-0.15, -0.1) is 0 Å². The van der Waals surface area contributed by atoms with Gasteiger partial charge in [-0.2, -0.15) is 0 Å². The molecule has 0 aromatic heterocycles. The van der Waals surface area contributed by atoms with Crippen molar-refractivity contribution in [2.45, 2.75) is 65.2 Å². The second-order valence-electron chi connectivity index (χ2n) is 7.06. The summed E-state index contributed by atoms with van der Waals surface area (Å²) in [5, 5.41) is 24.3. The maximum Gasteiger partial charge on any atom is 0.227 e. The lowest BCUT2D eigenvalue weighted by Gasteiger charge is -2.13. The Hall–Kier alpha value is -2.63. The predicted octanol–water partition coefficient (Wildman–Crippen LogP) is 2.29. The van der Waals surface area contributed by atoms with Gasteiger partial charge in [0.2, 0.25) is 5.91 Å². The average molecular weight is 387 g/mol. The summed E-state index contributed by atoms with van der Waals surface area (Å²) in [5.74, 6) is -3.79. The van der Waals surface area contributed by atoms with E-state index in [1.165, 1.54) is 44.2 Å². The van der Waals surface area contributed by atoms with E-state index in [1.54, 1.807) is 12.1 Å². The third-order valence-corrected chi connectivity index (χ3v) is 4.62. The van der Waals surface area contributed by atoms with Gasteiger partial charge in [0.1, 0.15) is 0 Å². The van der Waals surface area contributed by atoms with Gasteiger partial charge >= 0.3 is 0 Å². The van der Waals surface area contributed by atoms with E-state index >= 15 is 0 Å². The molecule has 6 heteroatoms. The molecule has 1 aromatic carbocycles. The molecule has 1 atom stereocenters. The molecule has 154 valence electrons. The maximum atomic E-state index is 12.3. The Balaban J connectivity index is 2.46. The van der Waals surface area contributed by atoms with E-state index in [-0.39, 0.29) is 11.8 Å². The summed E-state index contributed by atoms with van der Waals surface area (Å²) in [6.07, 6.45) is 10.2. The summed E-state index contributed by atoms with van der Waals surface area (Å²) in [6.45, 7) is 4.10. The minimum Gasteiger partial charge on any atom is -0.545 e. The highest BCUT2D eigenvalue weighted by Crippen LogP contribution is 2.17. The van der Waals surface area contributed by atoms with Crippen LogP contribution in [-0.2, 0) is 14.4 Å². The SMILES string of the molecule is CCCCCCCCCC(C)C(=O)Nc1ccc(C=C(C(=O)[O-])C(=O)[O-])cc1. The van der Waals surface area contributed by atoms with Crippen LogP contribution in [-0.4, -0.2) is 17.8 Å². The number of hydrogen-bond acceptors (Lipinski definition) is 5. The van der Waals surface area contributed by atoms with Gasteiger partial charge in [-0.05, 0) is 30.2 Å². The average Bonchev–Trinajstić information content (AvgIpc) is 2.65. The van der Waals surface area contributed by atoms with Crippen LogP contribution in [0.5, 0.6) is 0 Å². The van der Waals surface area contributed by atoms with Crippen molar-refractivity contribution in [2.75, 3.05) is 5.32 Å². The van der Waals surface area contributed by atoms with E-state index in [2.05, 4.69) is 12.2 Å². The molecule has 0 saturated heterocycles. The van der Waals surface area contributed by atoms with Crippen LogP contribution in [0.2, 0.25) is 0 Å². The molecule has 1 rings (SSSR count). The summed E-state index contributed by atoms with van der Waals surface area (Å²) in [7, 11) is 0. The lowest BCUT2D eigenvalue weighted by Crippen LogP contribution is -2.36. The third-order valence-electron chi connectivity index (χ3n) is 4.62. The van der Waals surface area contributed by atoms with Crippen molar-refractivity contribution >= 4 is 29.6 Å². The van der Waals surface area contributed by atoms with Crippen molar-refractivity contribution in [1.29, 1.82) is 0 Å². The van der Waals surface area contributed by atoms with Crippen molar-refractivity contribution in [3.8, 4) is 0 Å². The van der Waals surface area contributed by atoms with E-state index in [0.717, 1.165) is 25.3 Å². The van der Waals surface area contributed by atoms with Gasteiger partial charge in [-0.25, -0.2) is 0 Å². The van der Waals surface area contributed by atoms with Crippen LogP contribution in [0.25, 0.3) is 6.08 Å². The molecule has 0 saturated carbocycles. The van der Waals surface area contributed by atoms with Crippen molar-refractivity contribution in [1.82, 2.24) is 0 Å². The molecule has 0 heterocycles. The van der Waals surface area contributed by atoms with Crippen LogP contribution in [0, 0.1) is 5.92 Å². The quantitative estimate of drug-likeness (QED) is 0.242. The minimum absolute atomic E-state index is 0.0700. The number of aliphatic carboxylic acids is 2. The summed E-state index contributed by atoms with van der Waals surface area (Å²) in [5.41, 5.74) is -0.00496. The number of benzene rings is 1. The predicted molar refractivity (Wildman–Crippen MR) is 105 cm³/mol. The summed E-state index contributed by atoms with van der Waals surface area (Å²) in [6, 6.07) is 6.21. The van der Waals surface area contributed by atoms with Crippen molar-refractivity contribution in [3.05, 3.63) is 35.4 Å². The maximum absolute atomic E-state index is 12.3. The number of carbonyl (C=O) groups is 3. The summed E-state index contributed by atoms with van der Waals surface area (Å²) < 4.78 is 0. The molecular weight excluding hydrogens is 358 g/mol. The molecule has 1 N–H and O–H groups in total. The second-order valence-corrected chi connectivity index (χ2v) is 7.06. The van der Waals surface area contributed by atoms with E-state index in [1.807, 2.05) is 6.92 Å². The number of amides is 1. The molecule has 1 aromatic rings. The van der Waals surface area contributed by atoms with Crippen molar-refractivity contribution < 1.29 is 24.6 Å². The molecule has 0 spiro atoms. The number of hydrogen-bond donors (Lipinski definition) is 1. The molecular formula is C22H29NO5-2. The fourth-order valence-corrected chi connectivity index (χ4v) is 2.83. The van der Waals surface area contributed by atoms with Gasteiger partial charge in [0, 0.05) is 17.2 Å². The van der Waals surface area contributed by atoms with E-state index in [9.17, 15) is 24.6 Å². The standard InChI is InChI=1S/C22H31NO5/c1-3-4-5-6-7-8-9-10-16(2)20(24)23-18-13-11-17(12-14-18)15-19(21(25)26)22(27)28/h11-16H,3-10H2,1-2H3,(H,23,24)(H,25,26)(H,27,28)/p-2. The molecule has 0 aliphatic carbocycles. The Morgan fingerprint density at radius 1 is 0.929 bits per heavy atom. The Bertz CT molecular complexity index is 663. The normalized spacial score (nSPS) is 11.5. The number of rotatable bonds is 13. The first kappa shape index (κ1) is 23.4. The Morgan fingerprint density at radius 2 is 1.46 bits per heavy atom. The topological polar surface area (TPSA) is 109 Å². The fraction of sp³-hybridized carbons (Fsp3) is 0.500. The molecule has 0 aliphatic rings. The molecule has 6 nitrogen and oxygen atoms in total. The number of carboxylic acid groups (broad SMARTS) is 2. The van der Waals surface area contributed by atoms with Crippen LogP contribution in [0.3, 0.4) is 0 Å². The highest BCUT2D eigenvalue weighted by Gasteiger charge is 2.12. The molecule has 0 fully saturated rings.